The molecule has 1 rings (SSSR count). The van der Waals surface area contributed by atoms with E-state index in [1.54, 1.807) is 50.4 Å². The van der Waals surface area contributed by atoms with Gasteiger partial charge in [0.2, 0.25) is 0 Å². The van der Waals surface area contributed by atoms with Gasteiger partial charge in [-0.05, 0) is 30.7 Å². The van der Waals surface area contributed by atoms with Gasteiger partial charge < -0.3 is 9.80 Å². The van der Waals surface area contributed by atoms with Crippen molar-refractivity contribution in [3.8, 4) is 0 Å². The lowest BCUT2D eigenvalue weighted by atomic mass is 9.90. The zero-order valence-electron chi connectivity index (χ0n) is 14.3. The summed E-state index contributed by atoms with van der Waals surface area (Å²) in [5, 5.41) is 0.203. The fourth-order valence-corrected chi connectivity index (χ4v) is 2.19. The molecule has 0 radical (unpaired) electrons. The van der Waals surface area contributed by atoms with Gasteiger partial charge in [-0.2, -0.15) is 0 Å². The van der Waals surface area contributed by atoms with Crippen LogP contribution < -0.4 is 0 Å². The van der Waals surface area contributed by atoms with Gasteiger partial charge in [-0.15, -0.1) is 0 Å². The monoisotopic (exact) mass is 352 g/mol. The molecule has 0 heterocycles. The van der Waals surface area contributed by atoms with Crippen LogP contribution in [0.3, 0.4) is 0 Å². The van der Waals surface area contributed by atoms with Crippen LogP contribution in [-0.2, 0) is 16.0 Å². The predicted octanol–water partition coefficient (Wildman–Crippen LogP) is 2.93. The van der Waals surface area contributed by atoms with E-state index in [1.807, 2.05) is 0 Å². The Balaban J connectivity index is 3.13. The van der Waals surface area contributed by atoms with Crippen LogP contribution in [0.5, 0.6) is 0 Å². The Kier molecular flexibility index (Phi) is 7.65. The van der Waals surface area contributed by atoms with Crippen LogP contribution in [-0.4, -0.2) is 49.6 Å². The Morgan fingerprint density at radius 1 is 1.08 bits per heavy atom. The Morgan fingerprint density at radius 3 is 2.00 bits per heavy atom. The fraction of sp³-hybridized carbons (Fsp3) is 0.333. The standard InChI is InChI=1S/C18H22ClFN2O2/c1-21(2)10-8-17(23)14(18(24)9-11-22(3)4)12-13-15(19)6-5-7-16(13)20/h5-11,14H,12H2,1-4H3. The molecule has 0 fully saturated rings. The molecular formula is C18H22ClFN2O2. The third kappa shape index (κ3) is 6.16. The first kappa shape index (κ1) is 19.9. The number of hydrogen-bond acceptors (Lipinski definition) is 4. The molecule has 4 nitrogen and oxygen atoms in total. The van der Waals surface area contributed by atoms with Crippen molar-refractivity contribution >= 4 is 23.2 Å². The first-order valence-electron chi connectivity index (χ1n) is 7.42. The quantitative estimate of drug-likeness (QED) is 0.533. The average Bonchev–Trinajstić information content (AvgIpc) is 2.50. The van der Waals surface area contributed by atoms with E-state index < -0.39 is 23.3 Å². The molecule has 0 saturated heterocycles. The maximum Gasteiger partial charge on any atom is 0.168 e. The van der Waals surface area contributed by atoms with Crippen molar-refractivity contribution in [1.82, 2.24) is 9.80 Å². The second-order valence-electron chi connectivity index (χ2n) is 5.82. The van der Waals surface area contributed by atoms with Crippen molar-refractivity contribution in [3.63, 3.8) is 0 Å². The molecule has 0 bridgehead atoms. The van der Waals surface area contributed by atoms with Gasteiger partial charge in [-0.3, -0.25) is 9.59 Å². The molecule has 0 saturated carbocycles. The summed E-state index contributed by atoms with van der Waals surface area (Å²) in [7, 11) is 7.06. The first-order chi connectivity index (χ1) is 11.2. The van der Waals surface area contributed by atoms with Crippen LogP contribution >= 0.6 is 11.6 Å². The van der Waals surface area contributed by atoms with E-state index in [9.17, 15) is 14.0 Å². The van der Waals surface area contributed by atoms with E-state index >= 15 is 0 Å². The Labute approximate surface area is 147 Å². The molecule has 1 aromatic rings. The Bertz CT molecular complexity index is 604. The van der Waals surface area contributed by atoms with Crippen molar-refractivity contribution in [2.45, 2.75) is 6.42 Å². The van der Waals surface area contributed by atoms with Gasteiger partial charge in [-0.25, -0.2) is 4.39 Å². The number of rotatable bonds is 8. The molecule has 1 aromatic carbocycles. The van der Waals surface area contributed by atoms with Gasteiger partial charge in [0, 0.05) is 51.2 Å². The van der Waals surface area contributed by atoms with Gasteiger partial charge >= 0.3 is 0 Å². The number of ketones is 2. The molecular weight excluding hydrogens is 331 g/mol. The lowest BCUT2D eigenvalue weighted by Gasteiger charge is -2.14. The molecule has 24 heavy (non-hydrogen) atoms. The predicted molar refractivity (Wildman–Crippen MR) is 94.3 cm³/mol. The molecule has 0 aromatic heterocycles. The molecule has 0 amide bonds. The minimum Gasteiger partial charge on any atom is -0.383 e. The second-order valence-corrected chi connectivity index (χ2v) is 6.23. The van der Waals surface area contributed by atoms with E-state index in [-0.39, 0.29) is 17.0 Å². The highest BCUT2D eigenvalue weighted by Gasteiger charge is 2.25. The van der Waals surface area contributed by atoms with E-state index in [2.05, 4.69) is 0 Å². The van der Waals surface area contributed by atoms with Crippen molar-refractivity contribution in [3.05, 3.63) is 59.2 Å². The van der Waals surface area contributed by atoms with Crippen molar-refractivity contribution in [2.24, 2.45) is 5.92 Å². The summed E-state index contributed by atoms with van der Waals surface area (Å²) in [5.74, 6) is -2.33. The summed E-state index contributed by atoms with van der Waals surface area (Å²) < 4.78 is 14.0. The molecule has 0 aliphatic carbocycles. The minimum atomic E-state index is -1.02. The van der Waals surface area contributed by atoms with Gasteiger partial charge in [0.25, 0.3) is 0 Å². The summed E-state index contributed by atoms with van der Waals surface area (Å²) in [6.45, 7) is 0. The van der Waals surface area contributed by atoms with E-state index in [0.717, 1.165) is 0 Å². The normalized spacial score (nSPS) is 12.6. The summed E-state index contributed by atoms with van der Waals surface area (Å²) in [4.78, 5) is 28.2. The van der Waals surface area contributed by atoms with Crippen molar-refractivity contribution < 1.29 is 14.0 Å². The van der Waals surface area contributed by atoms with Crippen LogP contribution in [0.15, 0.2) is 42.8 Å². The highest BCUT2D eigenvalue weighted by atomic mass is 35.5. The number of allylic oxidation sites excluding steroid dienone is 2. The topological polar surface area (TPSA) is 40.6 Å². The van der Waals surface area contributed by atoms with Gasteiger partial charge in [0.05, 0.1) is 5.92 Å². The lowest BCUT2D eigenvalue weighted by Crippen LogP contribution is -2.25. The van der Waals surface area contributed by atoms with Crippen LogP contribution in [0, 0.1) is 11.7 Å². The third-order valence-electron chi connectivity index (χ3n) is 3.23. The molecule has 130 valence electrons. The Hall–Kier alpha value is -2.14. The number of carbonyl (C=O) groups excluding carboxylic acids is 2. The van der Waals surface area contributed by atoms with Gasteiger partial charge in [0.1, 0.15) is 5.82 Å². The maximum atomic E-state index is 14.0. The smallest absolute Gasteiger partial charge is 0.168 e. The minimum absolute atomic E-state index is 0.0846. The number of carbonyl (C=O) groups is 2. The van der Waals surface area contributed by atoms with Crippen LogP contribution in [0.2, 0.25) is 5.02 Å². The van der Waals surface area contributed by atoms with Crippen LogP contribution in [0.1, 0.15) is 5.56 Å². The first-order valence-corrected chi connectivity index (χ1v) is 7.80. The third-order valence-corrected chi connectivity index (χ3v) is 3.58. The molecule has 0 unspecified atom stereocenters. The van der Waals surface area contributed by atoms with E-state index in [4.69, 9.17) is 11.6 Å². The van der Waals surface area contributed by atoms with Crippen molar-refractivity contribution in [1.29, 1.82) is 0 Å². The summed E-state index contributed by atoms with van der Waals surface area (Å²) >= 11 is 6.02. The second kappa shape index (κ2) is 9.23. The summed E-state index contributed by atoms with van der Waals surface area (Å²) in [6.07, 6.45) is 5.67. The summed E-state index contributed by atoms with van der Waals surface area (Å²) in [6, 6.07) is 4.29. The molecule has 0 aliphatic rings. The molecule has 6 heteroatoms. The number of nitrogens with zero attached hydrogens (tertiary/aromatic N) is 2. The molecule has 0 atom stereocenters. The highest BCUT2D eigenvalue weighted by Crippen LogP contribution is 2.23. The van der Waals surface area contributed by atoms with Gasteiger partial charge in [-0.1, -0.05) is 17.7 Å². The maximum absolute atomic E-state index is 14.0. The summed E-state index contributed by atoms with van der Waals surface area (Å²) in [5.41, 5.74) is 0.169. The number of hydrogen-bond donors (Lipinski definition) is 0. The SMILES string of the molecule is CN(C)C=CC(=O)C(Cc1c(F)cccc1Cl)C(=O)C=CN(C)C. The highest BCUT2D eigenvalue weighted by molar-refractivity contribution is 6.31. The van der Waals surface area contributed by atoms with E-state index in [0.29, 0.717) is 0 Å². The number of halogens is 2. The zero-order chi connectivity index (χ0) is 18.3. The fourth-order valence-electron chi connectivity index (χ4n) is 1.95. The molecule has 0 N–H and O–H groups in total. The Morgan fingerprint density at radius 2 is 1.58 bits per heavy atom. The largest absolute Gasteiger partial charge is 0.383 e. The lowest BCUT2D eigenvalue weighted by molar-refractivity contribution is -0.127. The van der Waals surface area contributed by atoms with E-state index in [1.165, 1.54) is 30.4 Å². The van der Waals surface area contributed by atoms with Crippen LogP contribution in [0.25, 0.3) is 0 Å². The average molecular weight is 353 g/mol. The molecule has 0 spiro atoms. The number of benzene rings is 1. The molecule has 0 aliphatic heterocycles. The zero-order valence-corrected chi connectivity index (χ0v) is 15.0. The van der Waals surface area contributed by atoms with Crippen molar-refractivity contribution in [2.75, 3.05) is 28.2 Å². The van der Waals surface area contributed by atoms with Gasteiger partial charge in [0.15, 0.2) is 11.6 Å². The van der Waals surface area contributed by atoms with Crippen LogP contribution in [0.4, 0.5) is 4.39 Å².